The van der Waals surface area contributed by atoms with Gasteiger partial charge >= 0.3 is 0 Å². The molecular weight excluding hydrogens is 224 g/mol. The minimum atomic E-state index is -0.100. The van der Waals surface area contributed by atoms with Gasteiger partial charge in [-0.1, -0.05) is 13.3 Å². The maximum atomic E-state index is 9.48. The van der Waals surface area contributed by atoms with Crippen LogP contribution in [0.15, 0.2) is 0 Å². The summed E-state index contributed by atoms with van der Waals surface area (Å²) in [5, 5.41) is 12.9. The van der Waals surface area contributed by atoms with Crippen LogP contribution in [0.2, 0.25) is 0 Å². The zero-order valence-electron chi connectivity index (χ0n) is 12.7. The Morgan fingerprint density at radius 1 is 1.28 bits per heavy atom. The summed E-state index contributed by atoms with van der Waals surface area (Å²) in [4.78, 5) is 2.65. The number of likely N-dealkylation sites (N-methyl/N-ethyl adjacent to an activating group) is 1. The van der Waals surface area contributed by atoms with Crippen molar-refractivity contribution in [2.45, 2.75) is 77.4 Å². The highest BCUT2D eigenvalue weighted by Gasteiger charge is 2.26. The lowest BCUT2D eigenvalue weighted by Gasteiger charge is -2.39. The third-order valence-corrected chi connectivity index (χ3v) is 4.47. The number of hydrogen-bond acceptors (Lipinski definition) is 3. The fourth-order valence-corrected chi connectivity index (χ4v) is 3.22. The Bertz CT molecular complexity index is 225. The molecule has 0 radical (unpaired) electrons. The quantitative estimate of drug-likeness (QED) is 0.734. The first-order valence-electron chi connectivity index (χ1n) is 7.64. The van der Waals surface area contributed by atoms with E-state index in [1.165, 1.54) is 32.2 Å². The monoisotopic (exact) mass is 256 g/mol. The summed E-state index contributed by atoms with van der Waals surface area (Å²) in [7, 11) is 0. The first-order valence-corrected chi connectivity index (χ1v) is 7.64. The topological polar surface area (TPSA) is 35.5 Å². The second kappa shape index (κ2) is 7.46. The fraction of sp³-hybridized carbons (Fsp3) is 1.00. The molecule has 3 atom stereocenters. The van der Waals surface area contributed by atoms with Crippen molar-refractivity contribution in [3.63, 3.8) is 0 Å². The molecule has 1 aliphatic rings. The van der Waals surface area contributed by atoms with E-state index in [1.807, 2.05) is 0 Å². The number of aliphatic hydroxyl groups excluding tert-OH is 1. The first-order chi connectivity index (χ1) is 8.52. The molecule has 3 nitrogen and oxygen atoms in total. The number of piperidine rings is 1. The standard InChI is InChI=1S/C15H32N2O/c1-5-16-15(4,12-18)10-7-11-17-13(2)8-6-9-14(17)3/h13-14,16,18H,5-12H2,1-4H3/t13-,14+,15?. The van der Waals surface area contributed by atoms with Crippen molar-refractivity contribution in [2.75, 3.05) is 19.7 Å². The lowest BCUT2D eigenvalue weighted by Crippen LogP contribution is -2.47. The third kappa shape index (κ3) is 4.52. The summed E-state index contributed by atoms with van der Waals surface area (Å²) in [5.74, 6) is 0. The van der Waals surface area contributed by atoms with Gasteiger partial charge in [-0.15, -0.1) is 0 Å². The van der Waals surface area contributed by atoms with Gasteiger partial charge in [0.15, 0.2) is 0 Å². The Balaban J connectivity index is 2.35. The molecule has 3 heteroatoms. The highest BCUT2D eigenvalue weighted by molar-refractivity contribution is 4.84. The molecule has 0 saturated carbocycles. The van der Waals surface area contributed by atoms with Crippen molar-refractivity contribution in [1.29, 1.82) is 0 Å². The summed E-state index contributed by atoms with van der Waals surface area (Å²) in [6, 6.07) is 1.46. The van der Waals surface area contributed by atoms with Crippen molar-refractivity contribution in [2.24, 2.45) is 0 Å². The average Bonchev–Trinajstić information content (AvgIpc) is 2.33. The smallest absolute Gasteiger partial charge is 0.0610 e. The summed E-state index contributed by atoms with van der Waals surface area (Å²) in [5.41, 5.74) is -0.100. The van der Waals surface area contributed by atoms with Crippen LogP contribution in [0.4, 0.5) is 0 Å². The van der Waals surface area contributed by atoms with Crippen LogP contribution < -0.4 is 5.32 Å². The predicted octanol–water partition coefficient (Wildman–Crippen LogP) is 2.39. The lowest BCUT2D eigenvalue weighted by molar-refractivity contribution is 0.0929. The van der Waals surface area contributed by atoms with E-state index in [4.69, 9.17) is 0 Å². The predicted molar refractivity (Wildman–Crippen MR) is 77.9 cm³/mol. The molecule has 1 aliphatic heterocycles. The Morgan fingerprint density at radius 3 is 2.39 bits per heavy atom. The van der Waals surface area contributed by atoms with Gasteiger partial charge in [-0.25, -0.2) is 0 Å². The van der Waals surface area contributed by atoms with Gasteiger partial charge in [-0.3, -0.25) is 4.90 Å². The molecule has 0 amide bonds. The molecule has 0 aromatic heterocycles. The first kappa shape index (κ1) is 15.9. The SMILES string of the molecule is CCNC(C)(CO)CCCN1[C@H](C)CCC[C@@H]1C. The van der Waals surface area contributed by atoms with E-state index in [2.05, 4.69) is 37.9 Å². The van der Waals surface area contributed by atoms with E-state index >= 15 is 0 Å². The Kier molecular flexibility index (Phi) is 6.61. The number of likely N-dealkylation sites (tertiary alicyclic amines) is 1. The average molecular weight is 256 g/mol. The molecule has 108 valence electrons. The molecule has 0 bridgehead atoms. The van der Waals surface area contributed by atoms with Crippen LogP contribution in [-0.4, -0.2) is 47.3 Å². The van der Waals surface area contributed by atoms with E-state index in [0.717, 1.165) is 25.0 Å². The molecule has 1 saturated heterocycles. The van der Waals surface area contributed by atoms with E-state index in [-0.39, 0.29) is 12.1 Å². The highest BCUT2D eigenvalue weighted by Crippen LogP contribution is 2.23. The maximum Gasteiger partial charge on any atom is 0.0610 e. The van der Waals surface area contributed by atoms with Gasteiger partial charge in [-0.2, -0.15) is 0 Å². The van der Waals surface area contributed by atoms with E-state index in [1.54, 1.807) is 0 Å². The molecule has 0 aromatic carbocycles. The molecule has 0 aromatic rings. The zero-order chi connectivity index (χ0) is 13.6. The second-order valence-corrected chi connectivity index (χ2v) is 6.22. The van der Waals surface area contributed by atoms with Crippen molar-refractivity contribution >= 4 is 0 Å². The molecule has 18 heavy (non-hydrogen) atoms. The van der Waals surface area contributed by atoms with E-state index in [9.17, 15) is 5.11 Å². The molecule has 2 N–H and O–H groups in total. The van der Waals surface area contributed by atoms with Crippen molar-refractivity contribution in [3.8, 4) is 0 Å². The largest absolute Gasteiger partial charge is 0.394 e. The van der Waals surface area contributed by atoms with Crippen LogP contribution in [0.5, 0.6) is 0 Å². The Morgan fingerprint density at radius 2 is 1.89 bits per heavy atom. The van der Waals surface area contributed by atoms with Gasteiger partial charge in [0.25, 0.3) is 0 Å². The number of nitrogens with one attached hydrogen (secondary N) is 1. The molecule has 1 unspecified atom stereocenters. The Labute approximate surface area is 113 Å². The van der Waals surface area contributed by atoms with Crippen LogP contribution in [-0.2, 0) is 0 Å². The van der Waals surface area contributed by atoms with Gasteiger partial charge in [0.2, 0.25) is 0 Å². The van der Waals surface area contributed by atoms with Gasteiger partial charge in [0, 0.05) is 17.6 Å². The van der Waals surface area contributed by atoms with Crippen LogP contribution >= 0.6 is 0 Å². The fourth-order valence-electron chi connectivity index (χ4n) is 3.22. The van der Waals surface area contributed by atoms with Gasteiger partial charge in [-0.05, 0) is 59.5 Å². The molecule has 1 fully saturated rings. The van der Waals surface area contributed by atoms with Crippen LogP contribution in [0, 0.1) is 0 Å². The molecular formula is C15H32N2O. The van der Waals surface area contributed by atoms with Crippen molar-refractivity contribution in [3.05, 3.63) is 0 Å². The maximum absolute atomic E-state index is 9.48. The third-order valence-electron chi connectivity index (χ3n) is 4.47. The van der Waals surface area contributed by atoms with Crippen LogP contribution in [0.3, 0.4) is 0 Å². The Hall–Kier alpha value is -0.120. The second-order valence-electron chi connectivity index (χ2n) is 6.22. The van der Waals surface area contributed by atoms with Gasteiger partial charge < -0.3 is 10.4 Å². The normalized spacial score (nSPS) is 29.2. The number of hydrogen-bond donors (Lipinski definition) is 2. The highest BCUT2D eigenvalue weighted by atomic mass is 16.3. The minimum Gasteiger partial charge on any atom is -0.394 e. The van der Waals surface area contributed by atoms with Gasteiger partial charge in [0.1, 0.15) is 0 Å². The summed E-state index contributed by atoms with van der Waals surface area (Å²) >= 11 is 0. The summed E-state index contributed by atoms with van der Waals surface area (Å²) in [6.45, 7) is 11.3. The summed E-state index contributed by atoms with van der Waals surface area (Å²) < 4.78 is 0. The number of nitrogens with zero attached hydrogens (tertiary/aromatic N) is 1. The van der Waals surface area contributed by atoms with Gasteiger partial charge in [0.05, 0.1) is 6.61 Å². The number of aliphatic hydroxyl groups is 1. The van der Waals surface area contributed by atoms with E-state index < -0.39 is 0 Å². The van der Waals surface area contributed by atoms with Crippen molar-refractivity contribution in [1.82, 2.24) is 10.2 Å². The zero-order valence-corrected chi connectivity index (χ0v) is 12.7. The minimum absolute atomic E-state index is 0.100. The summed E-state index contributed by atoms with van der Waals surface area (Å²) in [6.07, 6.45) is 6.28. The molecule has 0 aliphatic carbocycles. The van der Waals surface area contributed by atoms with Crippen LogP contribution in [0.1, 0.15) is 59.8 Å². The van der Waals surface area contributed by atoms with Crippen molar-refractivity contribution < 1.29 is 5.11 Å². The van der Waals surface area contributed by atoms with E-state index in [0.29, 0.717) is 0 Å². The molecule has 1 rings (SSSR count). The lowest BCUT2D eigenvalue weighted by atomic mass is 9.94. The van der Waals surface area contributed by atoms with Crippen LogP contribution in [0.25, 0.3) is 0 Å². The number of rotatable bonds is 7. The molecule has 1 heterocycles. The molecule has 0 spiro atoms.